The summed E-state index contributed by atoms with van der Waals surface area (Å²) in [6, 6.07) is -0.269. The molecule has 7 nitrogen and oxygen atoms in total. The molecule has 0 aliphatic rings. The van der Waals surface area contributed by atoms with Crippen LogP contribution in [-0.2, 0) is 13.6 Å². The standard InChI is InChI=1S/C13H24N4O3/c1-8(2)6-17-11(14)10(15(4)9(3)7-18)12(19)16(5)13(17)20/h8-9,18H,6-7,14H2,1-5H3. The third-order valence-electron chi connectivity index (χ3n) is 3.38. The molecule has 3 N–H and O–H groups in total. The molecule has 1 atom stereocenters. The zero-order valence-electron chi connectivity index (χ0n) is 12.8. The van der Waals surface area contributed by atoms with E-state index in [1.165, 1.54) is 11.6 Å². The van der Waals surface area contributed by atoms with E-state index in [2.05, 4.69) is 0 Å². The van der Waals surface area contributed by atoms with Crippen LogP contribution in [0.25, 0.3) is 0 Å². The van der Waals surface area contributed by atoms with Crippen LogP contribution in [0, 0.1) is 5.92 Å². The SMILES string of the molecule is CC(C)Cn1c(N)c(N(C)C(C)CO)c(=O)n(C)c1=O. The Morgan fingerprint density at radius 3 is 2.30 bits per heavy atom. The molecule has 20 heavy (non-hydrogen) atoms. The average molecular weight is 284 g/mol. The highest BCUT2D eigenvalue weighted by atomic mass is 16.3. The highest BCUT2D eigenvalue weighted by Crippen LogP contribution is 2.18. The first-order valence-electron chi connectivity index (χ1n) is 6.65. The number of rotatable bonds is 5. The van der Waals surface area contributed by atoms with Crippen LogP contribution in [-0.4, -0.2) is 33.9 Å². The van der Waals surface area contributed by atoms with Crippen molar-refractivity contribution >= 4 is 11.5 Å². The Hall–Kier alpha value is -1.76. The van der Waals surface area contributed by atoms with Gasteiger partial charge in [0, 0.05) is 26.7 Å². The summed E-state index contributed by atoms with van der Waals surface area (Å²) in [5, 5.41) is 9.23. The van der Waals surface area contributed by atoms with E-state index in [0.29, 0.717) is 6.54 Å². The van der Waals surface area contributed by atoms with Crippen molar-refractivity contribution in [3.8, 4) is 0 Å². The molecular weight excluding hydrogens is 260 g/mol. The molecule has 0 saturated carbocycles. The smallest absolute Gasteiger partial charge is 0.332 e. The van der Waals surface area contributed by atoms with Crippen molar-refractivity contribution in [3.05, 3.63) is 20.8 Å². The molecule has 0 radical (unpaired) electrons. The minimum absolute atomic E-state index is 0.109. The van der Waals surface area contributed by atoms with Gasteiger partial charge in [0.2, 0.25) is 0 Å². The molecule has 0 aliphatic carbocycles. The first-order chi connectivity index (χ1) is 9.22. The van der Waals surface area contributed by atoms with Gasteiger partial charge in [-0.15, -0.1) is 0 Å². The van der Waals surface area contributed by atoms with E-state index in [1.807, 2.05) is 13.8 Å². The third kappa shape index (κ3) is 2.87. The van der Waals surface area contributed by atoms with Crippen molar-refractivity contribution in [1.82, 2.24) is 9.13 Å². The molecule has 1 aromatic rings. The lowest BCUT2D eigenvalue weighted by Gasteiger charge is -2.27. The van der Waals surface area contributed by atoms with Crippen LogP contribution in [0.1, 0.15) is 20.8 Å². The van der Waals surface area contributed by atoms with Gasteiger partial charge < -0.3 is 15.7 Å². The number of hydrogen-bond donors (Lipinski definition) is 2. The van der Waals surface area contributed by atoms with Gasteiger partial charge in [0.15, 0.2) is 0 Å². The van der Waals surface area contributed by atoms with Crippen molar-refractivity contribution in [2.75, 3.05) is 24.3 Å². The largest absolute Gasteiger partial charge is 0.394 e. The van der Waals surface area contributed by atoms with Gasteiger partial charge in [-0.25, -0.2) is 4.79 Å². The maximum atomic E-state index is 12.3. The van der Waals surface area contributed by atoms with Crippen LogP contribution in [0.5, 0.6) is 0 Å². The van der Waals surface area contributed by atoms with Crippen LogP contribution in [0.15, 0.2) is 9.59 Å². The van der Waals surface area contributed by atoms with E-state index in [0.717, 1.165) is 4.57 Å². The minimum Gasteiger partial charge on any atom is -0.394 e. The molecule has 1 aromatic heterocycles. The molecule has 0 aromatic carbocycles. The number of likely N-dealkylation sites (N-methyl/N-ethyl adjacent to an activating group) is 1. The van der Waals surface area contributed by atoms with Crippen molar-refractivity contribution < 1.29 is 5.11 Å². The lowest BCUT2D eigenvalue weighted by Crippen LogP contribution is -2.45. The Labute approximate surface area is 118 Å². The molecular formula is C13H24N4O3. The molecule has 0 fully saturated rings. The number of nitrogen functional groups attached to an aromatic ring is 1. The number of nitrogens with zero attached hydrogens (tertiary/aromatic N) is 3. The quantitative estimate of drug-likeness (QED) is 0.767. The monoisotopic (exact) mass is 284 g/mol. The fraction of sp³-hybridized carbons (Fsp3) is 0.692. The highest BCUT2D eigenvalue weighted by Gasteiger charge is 2.21. The summed E-state index contributed by atoms with van der Waals surface area (Å²) in [6.07, 6.45) is 0. The van der Waals surface area contributed by atoms with Crippen molar-refractivity contribution in [2.45, 2.75) is 33.4 Å². The minimum atomic E-state index is -0.449. The van der Waals surface area contributed by atoms with Crippen molar-refractivity contribution in [3.63, 3.8) is 0 Å². The molecule has 0 saturated heterocycles. The number of hydrogen-bond acceptors (Lipinski definition) is 5. The lowest BCUT2D eigenvalue weighted by molar-refractivity contribution is 0.270. The lowest BCUT2D eigenvalue weighted by atomic mass is 10.2. The van der Waals surface area contributed by atoms with Gasteiger partial charge in [0.25, 0.3) is 5.56 Å². The predicted octanol–water partition coefficient (Wildman–Crippen LogP) is -0.398. The molecule has 7 heteroatoms. The zero-order chi connectivity index (χ0) is 15.6. The van der Waals surface area contributed by atoms with E-state index < -0.39 is 11.2 Å². The van der Waals surface area contributed by atoms with Crippen molar-refractivity contribution in [1.29, 1.82) is 0 Å². The van der Waals surface area contributed by atoms with E-state index in [1.54, 1.807) is 18.9 Å². The topological polar surface area (TPSA) is 93.5 Å². The Kier molecular flexibility index (Phi) is 4.99. The van der Waals surface area contributed by atoms with Gasteiger partial charge in [0.1, 0.15) is 11.5 Å². The summed E-state index contributed by atoms with van der Waals surface area (Å²) < 4.78 is 2.46. The second-order valence-corrected chi connectivity index (χ2v) is 5.53. The molecule has 0 spiro atoms. The number of aliphatic hydroxyl groups is 1. The maximum absolute atomic E-state index is 12.3. The molecule has 1 heterocycles. The third-order valence-corrected chi connectivity index (χ3v) is 3.38. The second kappa shape index (κ2) is 6.13. The van der Waals surface area contributed by atoms with Crippen LogP contribution in [0.2, 0.25) is 0 Å². The fourth-order valence-electron chi connectivity index (χ4n) is 1.98. The highest BCUT2D eigenvalue weighted by molar-refractivity contribution is 5.62. The summed E-state index contributed by atoms with van der Waals surface area (Å²) in [5.74, 6) is 0.371. The van der Waals surface area contributed by atoms with E-state index in [-0.39, 0.29) is 30.1 Å². The number of nitrogens with two attached hydrogens (primary N) is 1. The first-order valence-corrected chi connectivity index (χ1v) is 6.65. The Bertz CT molecular complexity index is 589. The van der Waals surface area contributed by atoms with Gasteiger partial charge in [-0.3, -0.25) is 13.9 Å². The van der Waals surface area contributed by atoms with E-state index in [4.69, 9.17) is 5.73 Å². The number of anilines is 2. The van der Waals surface area contributed by atoms with Crippen LogP contribution >= 0.6 is 0 Å². The molecule has 1 unspecified atom stereocenters. The number of aliphatic hydroxyl groups excluding tert-OH is 1. The summed E-state index contributed by atoms with van der Waals surface area (Å²) >= 11 is 0. The predicted molar refractivity (Wildman–Crippen MR) is 80.1 cm³/mol. The summed E-state index contributed by atoms with van der Waals surface area (Å²) in [6.45, 7) is 6.04. The Morgan fingerprint density at radius 2 is 1.85 bits per heavy atom. The summed E-state index contributed by atoms with van der Waals surface area (Å²) in [4.78, 5) is 26.0. The van der Waals surface area contributed by atoms with Gasteiger partial charge in [-0.2, -0.15) is 0 Å². The summed E-state index contributed by atoms with van der Waals surface area (Å²) in [7, 11) is 3.11. The second-order valence-electron chi connectivity index (χ2n) is 5.53. The van der Waals surface area contributed by atoms with Crippen LogP contribution in [0.4, 0.5) is 11.5 Å². The first kappa shape index (κ1) is 16.3. The Morgan fingerprint density at radius 1 is 1.30 bits per heavy atom. The van der Waals surface area contributed by atoms with Crippen LogP contribution in [0.3, 0.4) is 0 Å². The van der Waals surface area contributed by atoms with Gasteiger partial charge in [0.05, 0.1) is 6.61 Å². The average Bonchev–Trinajstić information content (AvgIpc) is 2.40. The molecule has 114 valence electrons. The Balaban J connectivity index is 3.57. The molecule has 0 amide bonds. The van der Waals surface area contributed by atoms with Gasteiger partial charge >= 0.3 is 5.69 Å². The van der Waals surface area contributed by atoms with Crippen LogP contribution < -0.4 is 21.9 Å². The fourth-order valence-corrected chi connectivity index (χ4v) is 1.98. The number of aromatic nitrogens is 2. The van der Waals surface area contributed by atoms with E-state index in [9.17, 15) is 14.7 Å². The summed E-state index contributed by atoms with van der Waals surface area (Å²) in [5.41, 5.74) is 5.40. The van der Waals surface area contributed by atoms with Gasteiger partial charge in [-0.05, 0) is 12.8 Å². The zero-order valence-corrected chi connectivity index (χ0v) is 12.8. The van der Waals surface area contributed by atoms with E-state index >= 15 is 0 Å². The molecule has 0 aliphatic heterocycles. The normalized spacial score (nSPS) is 12.8. The molecule has 1 rings (SSSR count). The molecule has 0 bridgehead atoms. The maximum Gasteiger partial charge on any atom is 0.332 e. The van der Waals surface area contributed by atoms with Crippen molar-refractivity contribution in [2.24, 2.45) is 13.0 Å². The van der Waals surface area contributed by atoms with Gasteiger partial charge in [-0.1, -0.05) is 13.8 Å².